The van der Waals surface area contributed by atoms with Crippen LogP contribution in [0.1, 0.15) is 72.1 Å². The van der Waals surface area contributed by atoms with Crippen molar-refractivity contribution in [2.45, 2.75) is 115 Å². The topological polar surface area (TPSA) is 287 Å². The lowest BCUT2D eigenvalue weighted by Crippen LogP contribution is -2.67. The number of aliphatic hydroxyl groups excluding tert-OH is 2. The van der Waals surface area contributed by atoms with Gasteiger partial charge in [-0.05, 0) is 73.2 Å². The van der Waals surface area contributed by atoms with Crippen LogP contribution in [0.15, 0.2) is 12.2 Å². The molecule has 1 saturated heterocycles. The molecule has 0 aromatic carbocycles. The SMILES string of the molecule is C=C1[C@H]2CC[C@H]3[C@@]4(C)C[C@H](O[C@@H]5O[C@H](CO)[C@@H](OS(=O)(=O)O)[C@H](OS(=O)(=O)O)[C@H]5OC(=O)CC(C)C)CC(C(=O)O)(C(=O)O)[C@@H]4CC[C@]3(C2)[C@H]1O. The quantitative estimate of drug-likeness (QED) is 0.0533. The minimum Gasteiger partial charge on any atom is -0.480 e. The molecule has 1 heterocycles. The highest BCUT2D eigenvalue weighted by Crippen LogP contribution is 2.72. The van der Waals surface area contributed by atoms with Crippen LogP contribution >= 0.6 is 0 Å². The van der Waals surface area contributed by atoms with Gasteiger partial charge in [0, 0.05) is 18.3 Å². The molecule has 0 radical (unpaired) electrons. The second-order valence-corrected chi connectivity index (χ2v) is 17.4. The van der Waals surface area contributed by atoms with Crippen LogP contribution in [0.4, 0.5) is 0 Å². The summed E-state index contributed by atoms with van der Waals surface area (Å²) in [6.45, 7) is 8.03. The Morgan fingerprint density at radius 3 is 2.08 bits per heavy atom. The van der Waals surface area contributed by atoms with E-state index in [1.54, 1.807) is 20.8 Å². The first-order chi connectivity index (χ1) is 23.5. The molecule has 0 aromatic heterocycles. The van der Waals surface area contributed by atoms with Gasteiger partial charge in [-0.2, -0.15) is 16.8 Å². The van der Waals surface area contributed by atoms with Crippen LogP contribution < -0.4 is 0 Å². The predicted molar refractivity (Wildman–Crippen MR) is 169 cm³/mol. The van der Waals surface area contributed by atoms with Crippen LogP contribution in [-0.4, -0.2) is 114 Å². The predicted octanol–water partition coefficient (Wildman–Crippen LogP) is 1.12. The highest BCUT2D eigenvalue weighted by atomic mass is 32.3. The van der Waals surface area contributed by atoms with E-state index < -0.39 is 117 Å². The third-order valence-electron chi connectivity index (χ3n) is 12.0. The third-order valence-corrected chi connectivity index (χ3v) is 12.9. The Morgan fingerprint density at radius 2 is 1.53 bits per heavy atom. The summed E-state index contributed by atoms with van der Waals surface area (Å²) in [5, 5.41) is 42.9. The Hall–Kier alpha value is -2.27. The summed E-state index contributed by atoms with van der Waals surface area (Å²) in [5.41, 5.74) is -3.52. The molecular formula is C31H46O18S2. The Morgan fingerprint density at radius 1 is 0.922 bits per heavy atom. The number of esters is 1. The normalized spacial score (nSPS) is 40.7. The molecule has 5 aliphatic rings. The van der Waals surface area contributed by atoms with Crippen molar-refractivity contribution in [1.29, 1.82) is 0 Å². The molecule has 20 heteroatoms. The second kappa shape index (κ2) is 13.9. The number of carbonyl (C=O) groups is 3. The van der Waals surface area contributed by atoms with E-state index in [1.807, 2.05) is 0 Å². The van der Waals surface area contributed by atoms with Crippen LogP contribution in [0.25, 0.3) is 0 Å². The largest absolute Gasteiger partial charge is 0.480 e. The summed E-state index contributed by atoms with van der Waals surface area (Å²) in [7, 11) is -11.0. The van der Waals surface area contributed by atoms with E-state index in [2.05, 4.69) is 10.8 Å². The number of rotatable bonds is 12. The first-order valence-electron chi connectivity index (χ1n) is 16.7. The number of carboxylic acids is 2. The number of aliphatic hydroxyl groups is 2. The molecule has 18 nitrogen and oxygen atoms in total. The lowest BCUT2D eigenvalue weighted by Gasteiger charge is -2.64. The molecule has 5 rings (SSSR count). The van der Waals surface area contributed by atoms with Crippen molar-refractivity contribution in [2.24, 2.45) is 39.9 Å². The molecule has 5 fully saturated rings. The van der Waals surface area contributed by atoms with Gasteiger partial charge >= 0.3 is 38.7 Å². The Bertz CT molecular complexity index is 1610. The van der Waals surface area contributed by atoms with Crippen LogP contribution in [-0.2, 0) is 57.8 Å². The van der Waals surface area contributed by atoms with Gasteiger partial charge in [0.25, 0.3) is 0 Å². The minimum absolute atomic E-state index is 0.00133. The smallest absolute Gasteiger partial charge is 0.397 e. The highest BCUT2D eigenvalue weighted by Gasteiger charge is 2.72. The van der Waals surface area contributed by atoms with Gasteiger partial charge in [0.1, 0.15) is 12.2 Å². The number of carboxylic acid groups (broad SMARTS) is 2. The first-order valence-corrected chi connectivity index (χ1v) is 19.5. The van der Waals surface area contributed by atoms with E-state index >= 15 is 0 Å². The lowest BCUT2D eigenvalue weighted by atomic mass is 9.40. The number of hydrogen-bond acceptors (Lipinski definition) is 14. The summed E-state index contributed by atoms with van der Waals surface area (Å²) >= 11 is 0. The van der Waals surface area contributed by atoms with Crippen LogP contribution in [0, 0.1) is 39.9 Å². The standard InChI is InChI=1S/C31H46O18S2/c1-14(2)9-21(33)47-24-23(49-51(42,43)44)22(48-50(39,40)41)18(13-32)46-26(24)45-17-11-29(4)19-6-5-16-10-30(19,25(34)15(16)3)8-7-20(29)31(12-17,27(35)36)28(37)38/h14,16-20,22-26,32,34H,3,5-13H2,1-2,4H3,(H,35,36)(H,37,38)(H,39,40,41)(H,42,43,44)/t16-,17-,18+,19-,20+,22+,23-,24+,25-,26+,29+,30+/m0/s1. The van der Waals surface area contributed by atoms with Gasteiger partial charge in [0.15, 0.2) is 23.9 Å². The second-order valence-electron chi connectivity index (χ2n) is 15.3. The Labute approximate surface area is 295 Å². The fraction of sp³-hybridized carbons (Fsp3) is 0.839. The van der Waals surface area contributed by atoms with E-state index in [1.165, 1.54) is 0 Å². The van der Waals surface area contributed by atoms with E-state index in [0.717, 1.165) is 0 Å². The fourth-order valence-corrected chi connectivity index (χ4v) is 11.3. The summed E-state index contributed by atoms with van der Waals surface area (Å²) < 4.78 is 93.4. The lowest BCUT2D eigenvalue weighted by molar-refractivity contribution is -0.318. The molecular weight excluding hydrogens is 724 g/mol. The molecule has 1 aliphatic heterocycles. The van der Waals surface area contributed by atoms with Crippen molar-refractivity contribution in [3.63, 3.8) is 0 Å². The highest BCUT2D eigenvalue weighted by molar-refractivity contribution is 7.81. The molecule has 4 aliphatic carbocycles. The zero-order chi connectivity index (χ0) is 38.1. The molecule has 12 atom stereocenters. The third kappa shape index (κ3) is 7.20. The number of aliphatic carboxylic acids is 2. The fourth-order valence-electron chi connectivity index (χ4n) is 10.3. The van der Waals surface area contributed by atoms with Crippen molar-refractivity contribution in [1.82, 2.24) is 0 Å². The molecule has 51 heavy (non-hydrogen) atoms. The number of carbonyl (C=O) groups excluding carboxylic acids is 1. The van der Waals surface area contributed by atoms with Crippen LogP contribution in [0.5, 0.6) is 0 Å². The van der Waals surface area contributed by atoms with Crippen molar-refractivity contribution in [2.75, 3.05) is 6.61 Å². The van der Waals surface area contributed by atoms with Gasteiger partial charge in [-0.15, -0.1) is 0 Å². The monoisotopic (exact) mass is 770 g/mol. The summed E-state index contributed by atoms with van der Waals surface area (Å²) in [6.07, 6.45) is -11.5. The average molecular weight is 771 g/mol. The zero-order valence-electron chi connectivity index (χ0n) is 28.3. The van der Waals surface area contributed by atoms with Gasteiger partial charge in [-0.1, -0.05) is 27.4 Å². The van der Waals surface area contributed by atoms with Gasteiger partial charge < -0.3 is 34.6 Å². The zero-order valence-corrected chi connectivity index (χ0v) is 30.0. The molecule has 2 bridgehead atoms. The van der Waals surface area contributed by atoms with Crippen LogP contribution in [0.2, 0.25) is 0 Å². The van der Waals surface area contributed by atoms with Crippen molar-refractivity contribution < 1.29 is 83.3 Å². The molecule has 0 unspecified atom stereocenters. The number of ether oxygens (including phenoxy) is 3. The van der Waals surface area contributed by atoms with Crippen molar-refractivity contribution in [3.8, 4) is 0 Å². The number of fused-ring (bicyclic) bond motifs is 3. The number of hydrogen-bond donors (Lipinski definition) is 6. The van der Waals surface area contributed by atoms with E-state index in [4.69, 9.17) is 18.4 Å². The maximum absolute atomic E-state index is 13.1. The maximum atomic E-state index is 13.1. The molecule has 6 N–H and O–H groups in total. The van der Waals surface area contributed by atoms with Gasteiger partial charge in [0.2, 0.25) is 0 Å². The Balaban J connectivity index is 1.59. The van der Waals surface area contributed by atoms with Crippen molar-refractivity contribution in [3.05, 3.63) is 12.2 Å². The first kappa shape index (κ1) is 39.9. The molecule has 4 saturated carbocycles. The Kier molecular flexibility index (Phi) is 10.8. The van der Waals surface area contributed by atoms with Crippen molar-refractivity contribution >= 4 is 38.7 Å². The van der Waals surface area contributed by atoms with E-state index in [0.29, 0.717) is 31.3 Å². The molecule has 290 valence electrons. The van der Waals surface area contributed by atoms with Gasteiger partial charge in [-0.3, -0.25) is 23.5 Å². The van der Waals surface area contributed by atoms with Gasteiger partial charge in [-0.25, -0.2) is 8.37 Å². The maximum Gasteiger partial charge on any atom is 0.397 e. The van der Waals surface area contributed by atoms with E-state index in [9.17, 15) is 60.8 Å². The minimum atomic E-state index is -5.51. The summed E-state index contributed by atoms with van der Waals surface area (Å²) in [6, 6.07) is 0. The molecule has 0 aromatic rings. The molecule has 0 amide bonds. The summed E-state index contributed by atoms with van der Waals surface area (Å²) in [5.74, 6) is -5.84. The summed E-state index contributed by atoms with van der Waals surface area (Å²) in [4.78, 5) is 39.3. The van der Waals surface area contributed by atoms with Gasteiger partial charge in [0.05, 0.1) is 18.8 Å². The van der Waals surface area contributed by atoms with Crippen LogP contribution in [0.3, 0.4) is 0 Å². The van der Waals surface area contributed by atoms with E-state index in [-0.39, 0.29) is 37.0 Å². The average Bonchev–Trinajstić information content (AvgIpc) is 3.16. The molecule has 1 spiro atoms.